The number of likely N-dealkylation sites (tertiary alicyclic amines) is 1. The lowest BCUT2D eigenvalue weighted by molar-refractivity contribution is -0.136. The molecule has 2 saturated heterocycles. The maximum atomic E-state index is 13.0. The molecule has 1 aliphatic carbocycles. The molecule has 0 aromatic rings. The summed E-state index contributed by atoms with van der Waals surface area (Å²) < 4.78 is 0. The quantitative estimate of drug-likeness (QED) is 0.783. The summed E-state index contributed by atoms with van der Waals surface area (Å²) in [5.41, 5.74) is 0.396. The number of hydrogen-bond acceptors (Lipinski definition) is 3. The topological polar surface area (TPSA) is 26.8 Å². The molecule has 0 N–H and O–H groups in total. The Bertz CT molecular complexity index is 443. The van der Waals surface area contributed by atoms with Crippen LogP contribution in [0.15, 0.2) is 0 Å². The number of carbonyl (C=O) groups is 1. The van der Waals surface area contributed by atoms with Crippen molar-refractivity contribution in [3.8, 4) is 0 Å². The molecule has 3 rings (SSSR count). The fourth-order valence-corrected chi connectivity index (χ4v) is 5.15. The van der Waals surface area contributed by atoms with Crippen LogP contribution < -0.4 is 0 Å². The Morgan fingerprint density at radius 2 is 1.56 bits per heavy atom. The molecular weight excluding hydrogens is 310 g/mol. The Labute approximate surface area is 154 Å². The van der Waals surface area contributed by atoms with Crippen LogP contribution in [-0.4, -0.2) is 72.5 Å². The fraction of sp³-hybridized carbons (Fsp3) is 0.952. The van der Waals surface area contributed by atoms with E-state index in [4.69, 9.17) is 0 Å². The maximum absolute atomic E-state index is 13.0. The minimum Gasteiger partial charge on any atom is -0.341 e. The normalized spacial score (nSPS) is 33.0. The second-order valence-electron chi connectivity index (χ2n) is 9.61. The summed E-state index contributed by atoms with van der Waals surface area (Å²) >= 11 is 0. The third-order valence-corrected chi connectivity index (χ3v) is 7.15. The van der Waals surface area contributed by atoms with Gasteiger partial charge in [0, 0.05) is 51.2 Å². The SMILES string of the molecule is CCN1CCN([C@H]2CCN(C(=O)C3CCC(C(C)(C)C)CC3)C2)CC1. The number of rotatable bonds is 3. The molecule has 3 aliphatic rings. The summed E-state index contributed by atoms with van der Waals surface area (Å²) in [5.74, 6) is 1.55. The van der Waals surface area contributed by atoms with Crippen molar-refractivity contribution in [2.24, 2.45) is 17.3 Å². The Hall–Kier alpha value is -0.610. The van der Waals surface area contributed by atoms with Crippen molar-refractivity contribution in [3.63, 3.8) is 0 Å². The molecule has 3 fully saturated rings. The zero-order valence-electron chi connectivity index (χ0n) is 17.0. The van der Waals surface area contributed by atoms with E-state index in [1.54, 1.807) is 0 Å². The monoisotopic (exact) mass is 349 g/mol. The average Bonchev–Trinajstić information content (AvgIpc) is 3.10. The number of likely N-dealkylation sites (N-methyl/N-ethyl adjacent to an activating group) is 1. The summed E-state index contributed by atoms with van der Waals surface area (Å²) in [5, 5.41) is 0. The first-order valence-electron chi connectivity index (χ1n) is 10.6. The van der Waals surface area contributed by atoms with Gasteiger partial charge in [-0.25, -0.2) is 0 Å². The molecule has 4 heteroatoms. The Morgan fingerprint density at radius 1 is 0.920 bits per heavy atom. The van der Waals surface area contributed by atoms with Gasteiger partial charge in [0.05, 0.1) is 0 Å². The highest BCUT2D eigenvalue weighted by Crippen LogP contribution is 2.40. The number of carbonyl (C=O) groups excluding carboxylic acids is 1. The zero-order valence-corrected chi connectivity index (χ0v) is 17.0. The minimum absolute atomic E-state index is 0.300. The van der Waals surface area contributed by atoms with Gasteiger partial charge in [0.1, 0.15) is 0 Å². The standard InChI is InChI=1S/C21H39N3O/c1-5-22-12-14-23(15-13-22)19-10-11-24(16-19)20(25)17-6-8-18(9-7-17)21(2,3)4/h17-19H,5-16H2,1-4H3/t17?,18?,19-/m0/s1. The van der Waals surface area contributed by atoms with Crippen LogP contribution in [0.1, 0.15) is 59.8 Å². The molecule has 0 radical (unpaired) electrons. The van der Waals surface area contributed by atoms with Crippen molar-refractivity contribution in [1.82, 2.24) is 14.7 Å². The van der Waals surface area contributed by atoms with Crippen molar-refractivity contribution >= 4 is 5.91 Å². The van der Waals surface area contributed by atoms with Crippen LogP contribution in [0, 0.1) is 17.3 Å². The smallest absolute Gasteiger partial charge is 0.225 e. The Balaban J connectivity index is 1.45. The van der Waals surface area contributed by atoms with E-state index in [-0.39, 0.29) is 0 Å². The first kappa shape index (κ1) is 19.2. The highest BCUT2D eigenvalue weighted by atomic mass is 16.2. The van der Waals surface area contributed by atoms with E-state index in [1.165, 1.54) is 52.0 Å². The zero-order chi connectivity index (χ0) is 18.0. The van der Waals surface area contributed by atoms with Crippen LogP contribution in [-0.2, 0) is 4.79 Å². The maximum Gasteiger partial charge on any atom is 0.225 e. The molecule has 1 atom stereocenters. The summed E-state index contributed by atoms with van der Waals surface area (Å²) in [6, 6.07) is 0.605. The van der Waals surface area contributed by atoms with Gasteiger partial charge in [0.25, 0.3) is 0 Å². The highest BCUT2D eigenvalue weighted by molar-refractivity contribution is 5.79. The van der Waals surface area contributed by atoms with Gasteiger partial charge >= 0.3 is 0 Å². The number of piperazine rings is 1. The molecule has 0 aromatic heterocycles. The van der Waals surface area contributed by atoms with E-state index in [2.05, 4.69) is 42.4 Å². The van der Waals surface area contributed by atoms with E-state index in [1.807, 2.05) is 0 Å². The van der Waals surface area contributed by atoms with Gasteiger partial charge in [-0.2, -0.15) is 0 Å². The Kier molecular flexibility index (Phi) is 6.10. The van der Waals surface area contributed by atoms with Crippen molar-refractivity contribution in [1.29, 1.82) is 0 Å². The van der Waals surface area contributed by atoms with Gasteiger partial charge in [0.2, 0.25) is 5.91 Å². The molecule has 25 heavy (non-hydrogen) atoms. The van der Waals surface area contributed by atoms with Gasteiger partial charge in [-0.15, -0.1) is 0 Å². The van der Waals surface area contributed by atoms with Gasteiger partial charge in [-0.3, -0.25) is 9.69 Å². The molecule has 2 heterocycles. The van der Waals surface area contributed by atoms with Crippen LogP contribution >= 0.6 is 0 Å². The Morgan fingerprint density at radius 3 is 2.12 bits per heavy atom. The average molecular weight is 350 g/mol. The highest BCUT2D eigenvalue weighted by Gasteiger charge is 2.37. The van der Waals surface area contributed by atoms with Crippen molar-refractivity contribution in [2.45, 2.75) is 65.8 Å². The van der Waals surface area contributed by atoms with Gasteiger partial charge in [-0.05, 0) is 50.0 Å². The van der Waals surface area contributed by atoms with Crippen molar-refractivity contribution in [2.75, 3.05) is 45.8 Å². The van der Waals surface area contributed by atoms with Crippen LogP contribution in [0.4, 0.5) is 0 Å². The van der Waals surface area contributed by atoms with E-state index in [0.29, 0.717) is 23.3 Å². The van der Waals surface area contributed by atoms with E-state index < -0.39 is 0 Å². The van der Waals surface area contributed by atoms with Crippen molar-refractivity contribution < 1.29 is 4.79 Å². The molecule has 1 saturated carbocycles. The van der Waals surface area contributed by atoms with E-state index in [9.17, 15) is 4.79 Å². The molecule has 0 unspecified atom stereocenters. The summed E-state index contributed by atoms with van der Waals surface area (Å²) in [6.45, 7) is 17.2. The molecular formula is C21H39N3O. The number of nitrogens with zero attached hydrogens (tertiary/aromatic N) is 3. The molecule has 0 aromatic carbocycles. The minimum atomic E-state index is 0.300. The van der Waals surface area contributed by atoms with Gasteiger partial charge < -0.3 is 9.80 Å². The van der Waals surface area contributed by atoms with E-state index in [0.717, 1.165) is 31.8 Å². The van der Waals surface area contributed by atoms with Gasteiger partial charge in [-0.1, -0.05) is 27.7 Å². The second-order valence-corrected chi connectivity index (χ2v) is 9.61. The molecule has 1 amide bonds. The summed E-state index contributed by atoms with van der Waals surface area (Å²) in [6.07, 6.45) is 5.86. The number of hydrogen-bond donors (Lipinski definition) is 0. The number of amides is 1. The lowest BCUT2D eigenvalue weighted by Gasteiger charge is -2.38. The molecule has 144 valence electrons. The molecule has 2 aliphatic heterocycles. The van der Waals surface area contributed by atoms with Gasteiger partial charge in [0.15, 0.2) is 0 Å². The molecule has 0 bridgehead atoms. The van der Waals surface area contributed by atoms with Crippen LogP contribution in [0.25, 0.3) is 0 Å². The lowest BCUT2D eigenvalue weighted by atomic mass is 9.69. The second kappa shape index (κ2) is 7.96. The predicted octanol–water partition coefficient (Wildman–Crippen LogP) is 3.08. The summed E-state index contributed by atoms with van der Waals surface area (Å²) in [4.78, 5) is 20.3. The fourth-order valence-electron chi connectivity index (χ4n) is 5.15. The third-order valence-electron chi connectivity index (χ3n) is 7.15. The lowest BCUT2D eigenvalue weighted by Crippen LogP contribution is -2.51. The third kappa shape index (κ3) is 4.57. The first-order valence-corrected chi connectivity index (χ1v) is 10.6. The van der Waals surface area contributed by atoms with E-state index >= 15 is 0 Å². The largest absolute Gasteiger partial charge is 0.341 e. The summed E-state index contributed by atoms with van der Waals surface area (Å²) in [7, 11) is 0. The van der Waals surface area contributed by atoms with Crippen LogP contribution in [0.3, 0.4) is 0 Å². The predicted molar refractivity (Wildman–Crippen MR) is 104 cm³/mol. The molecule has 0 spiro atoms. The van der Waals surface area contributed by atoms with Crippen LogP contribution in [0.2, 0.25) is 0 Å². The van der Waals surface area contributed by atoms with Crippen molar-refractivity contribution in [3.05, 3.63) is 0 Å². The first-order chi connectivity index (χ1) is 11.9. The molecule has 4 nitrogen and oxygen atoms in total. The van der Waals surface area contributed by atoms with Crippen LogP contribution in [0.5, 0.6) is 0 Å².